The number of pyridine rings is 1. The number of anilines is 3. The number of aromatic amines is 1. The number of nitrogen functional groups attached to an aromatic ring is 1. The number of nitrogens with one attached hydrogen (secondary N) is 1. The van der Waals surface area contributed by atoms with Gasteiger partial charge in [0.05, 0.1) is 40.8 Å². The van der Waals surface area contributed by atoms with E-state index in [1.165, 1.54) is 16.7 Å². The first-order chi connectivity index (χ1) is 21.6. The van der Waals surface area contributed by atoms with Gasteiger partial charge in [0.2, 0.25) is 11.9 Å². The number of rotatable bonds is 6. The lowest BCUT2D eigenvalue weighted by Crippen LogP contribution is -2.48. The summed E-state index contributed by atoms with van der Waals surface area (Å²) in [4.78, 5) is 42.1. The first-order valence-electron chi connectivity index (χ1n) is 14.8. The quantitative estimate of drug-likeness (QED) is 0.296. The summed E-state index contributed by atoms with van der Waals surface area (Å²) >= 11 is 0. The van der Waals surface area contributed by atoms with Gasteiger partial charge in [0.25, 0.3) is 5.56 Å². The normalized spacial score (nSPS) is 17.1. The number of fused-ring (bicyclic) bond motifs is 4. The number of aromatic nitrogens is 5. The summed E-state index contributed by atoms with van der Waals surface area (Å²) in [6, 6.07) is 12.0. The van der Waals surface area contributed by atoms with Crippen LogP contribution in [0, 0.1) is 5.82 Å². The number of H-pyrrole nitrogens is 1. The van der Waals surface area contributed by atoms with Gasteiger partial charge >= 0.3 is 0 Å². The van der Waals surface area contributed by atoms with Gasteiger partial charge in [0.1, 0.15) is 23.1 Å². The minimum atomic E-state index is -0.548. The second-order valence-corrected chi connectivity index (χ2v) is 12.2. The predicted octanol–water partition coefficient (Wildman–Crippen LogP) is 3.22. The number of benzene rings is 2. The topological polar surface area (TPSA) is 138 Å². The lowest BCUT2D eigenvalue weighted by atomic mass is 9.63. The lowest BCUT2D eigenvalue weighted by molar-refractivity contribution is -0.138. The zero-order valence-corrected chi connectivity index (χ0v) is 25.5. The van der Waals surface area contributed by atoms with Crippen molar-refractivity contribution in [3.05, 3.63) is 70.4 Å². The van der Waals surface area contributed by atoms with Crippen molar-refractivity contribution < 1.29 is 13.9 Å². The molecule has 13 heteroatoms. The Balaban J connectivity index is 1.28. The van der Waals surface area contributed by atoms with E-state index >= 15 is 0 Å². The molecule has 1 atom stereocenters. The highest BCUT2D eigenvalue weighted by Gasteiger charge is 2.46. The Hall–Kier alpha value is -5.20. The minimum absolute atomic E-state index is 0.0823. The van der Waals surface area contributed by atoms with Crippen molar-refractivity contribution in [2.45, 2.75) is 30.8 Å². The Morgan fingerprint density at radius 3 is 2.62 bits per heavy atom. The van der Waals surface area contributed by atoms with Gasteiger partial charge in [-0.15, -0.1) is 0 Å². The molecule has 5 aromatic rings. The van der Waals surface area contributed by atoms with Crippen LogP contribution in [0.1, 0.15) is 24.8 Å². The third kappa shape index (κ3) is 4.52. The van der Waals surface area contributed by atoms with Gasteiger partial charge in [-0.25, -0.2) is 9.37 Å². The summed E-state index contributed by atoms with van der Waals surface area (Å²) in [6.45, 7) is 0.992. The number of hydrogen-bond acceptors (Lipinski definition) is 9. The Bertz CT molecular complexity index is 2020. The van der Waals surface area contributed by atoms with Crippen LogP contribution in [0.25, 0.3) is 27.6 Å². The maximum atomic E-state index is 14.0. The first kappa shape index (κ1) is 28.6. The van der Waals surface area contributed by atoms with Crippen molar-refractivity contribution in [1.82, 2.24) is 29.6 Å². The molecule has 4 heterocycles. The SMILES string of the molecule is CN(C)C(=O)C1(c2ccc(-n3c(=O)c4c(N)n[nH]c4c4cnc(N(C)C[C@H]5CN(C)c6ccc(F)cc6O5)nc43)cc2)CCC1. The number of amides is 1. The second-order valence-electron chi connectivity index (χ2n) is 12.2. The van der Waals surface area contributed by atoms with Crippen LogP contribution in [-0.2, 0) is 10.2 Å². The fourth-order valence-electron chi connectivity index (χ4n) is 6.62. The largest absolute Gasteiger partial charge is 0.484 e. The standard InChI is InChI=1S/C32H34FN9O3/c1-39(2)30(44)32(12-5-13-32)18-6-9-20(10-7-18)42-28-22(26-25(29(42)43)27(34)38-37-26)15-35-31(36-28)41(4)17-21-16-40(3)23-11-8-19(33)14-24(23)45-21/h6-11,14-15,21H,5,12-13,16-17H2,1-4H3,(H3,34,37,38)/t21-/m1/s1. The van der Waals surface area contributed by atoms with Gasteiger partial charge in [-0.3, -0.25) is 19.3 Å². The molecular formula is C32H34FN9O3. The number of halogens is 1. The molecule has 1 aliphatic heterocycles. The van der Waals surface area contributed by atoms with E-state index in [1.807, 2.05) is 48.2 Å². The van der Waals surface area contributed by atoms with Crippen LogP contribution in [0.4, 0.5) is 21.8 Å². The van der Waals surface area contributed by atoms with Crippen molar-refractivity contribution in [1.29, 1.82) is 0 Å². The molecule has 3 N–H and O–H groups in total. The zero-order valence-electron chi connectivity index (χ0n) is 25.5. The van der Waals surface area contributed by atoms with Crippen LogP contribution in [-0.4, -0.2) is 82.9 Å². The van der Waals surface area contributed by atoms with Gasteiger partial charge in [0.15, 0.2) is 11.5 Å². The number of nitrogens with two attached hydrogens (primary N) is 1. The molecule has 0 saturated heterocycles. The molecule has 7 rings (SSSR count). The van der Waals surface area contributed by atoms with E-state index in [1.54, 1.807) is 31.3 Å². The van der Waals surface area contributed by atoms with E-state index in [-0.39, 0.29) is 34.6 Å². The minimum Gasteiger partial charge on any atom is -0.484 e. The number of hydrogen-bond donors (Lipinski definition) is 2. The van der Waals surface area contributed by atoms with Gasteiger partial charge in [-0.1, -0.05) is 18.6 Å². The molecule has 0 spiro atoms. The van der Waals surface area contributed by atoms with E-state index < -0.39 is 5.41 Å². The van der Waals surface area contributed by atoms with Crippen LogP contribution < -0.4 is 25.8 Å². The fourth-order valence-corrected chi connectivity index (χ4v) is 6.62. The molecule has 12 nitrogen and oxygen atoms in total. The summed E-state index contributed by atoms with van der Waals surface area (Å²) in [7, 11) is 7.33. The molecule has 232 valence electrons. The Kier molecular flexibility index (Phi) is 6.64. The summed E-state index contributed by atoms with van der Waals surface area (Å²) in [5.74, 6) is 0.662. The van der Waals surface area contributed by atoms with Gasteiger partial charge < -0.3 is 25.2 Å². The Morgan fingerprint density at radius 2 is 1.93 bits per heavy atom. The van der Waals surface area contributed by atoms with Gasteiger partial charge in [-0.05, 0) is 42.7 Å². The maximum absolute atomic E-state index is 14.0. The molecule has 0 radical (unpaired) electrons. The third-order valence-corrected chi connectivity index (χ3v) is 9.07. The van der Waals surface area contributed by atoms with Crippen LogP contribution in [0.15, 0.2) is 53.5 Å². The van der Waals surface area contributed by atoms with E-state index in [9.17, 15) is 14.0 Å². The molecular weight excluding hydrogens is 577 g/mol. The van der Waals surface area contributed by atoms with Crippen LogP contribution in [0.5, 0.6) is 5.75 Å². The molecule has 0 bridgehead atoms. The van der Waals surface area contributed by atoms with E-state index in [2.05, 4.69) is 15.2 Å². The summed E-state index contributed by atoms with van der Waals surface area (Å²) in [6.07, 6.45) is 3.92. The number of carbonyl (C=O) groups is 1. The van der Waals surface area contributed by atoms with Crippen LogP contribution in [0.3, 0.4) is 0 Å². The van der Waals surface area contributed by atoms with Gasteiger partial charge in [0, 0.05) is 40.5 Å². The monoisotopic (exact) mass is 611 g/mol. The fraction of sp³-hybridized carbons (Fsp3) is 0.344. The smallest absolute Gasteiger partial charge is 0.270 e. The highest BCUT2D eigenvalue weighted by Crippen LogP contribution is 2.45. The first-order valence-corrected chi connectivity index (χ1v) is 14.8. The number of carbonyl (C=O) groups excluding carboxylic acids is 1. The van der Waals surface area contributed by atoms with Crippen molar-refractivity contribution in [3.63, 3.8) is 0 Å². The summed E-state index contributed by atoms with van der Waals surface area (Å²) in [5, 5.41) is 7.79. The van der Waals surface area contributed by atoms with Crippen molar-refractivity contribution in [2.24, 2.45) is 0 Å². The molecule has 1 fully saturated rings. The predicted molar refractivity (Wildman–Crippen MR) is 171 cm³/mol. The van der Waals surface area contributed by atoms with E-state index in [0.29, 0.717) is 47.0 Å². The van der Waals surface area contributed by atoms with E-state index in [4.69, 9.17) is 15.5 Å². The maximum Gasteiger partial charge on any atom is 0.270 e. The lowest BCUT2D eigenvalue weighted by Gasteiger charge is -2.42. The van der Waals surface area contributed by atoms with Crippen LogP contribution >= 0.6 is 0 Å². The Morgan fingerprint density at radius 1 is 1.18 bits per heavy atom. The molecule has 1 aliphatic carbocycles. The molecule has 45 heavy (non-hydrogen) atoms. The number of ether oxygens (including phenoxy) is 1. The number of likely N-dealkylation sites (N-methyl/N-ethyl adjacent to an activating group) is 3. The van der Waals surface area contributed by atoms with Crippen molar-refractivity contribution in [3.8, 4) is 11.4 Å². The molecule has 0 unspecified atom stereocenters. The van der Waals surface area contributed by atoms with Crippen molar-refractivity contribution >= 4 is 45.3 Å². The Labute approximate surface area is 258 Å². The molecule has 1 amide bonds. The molecule has 2 aromatic carbocycles. The highest BCUT2D eigenvalue weighted by atomic mass is 19.1. The zero-order chi connectivity index (χ0) is 31.6. The molecule has 2 aliphatic rings. The molecule has 3 aromatic heterocycles. The highest BCUT2D eigenvalue weighted by molar-refractivity contribution is 6.06. The molecule has 1 saturated carbocycles. The van der Waals surface area contributed by atoms with Gasteiger partial charge in [-0.2, -0.15) is 10.1 Å². The average Bonchev–Trinajstić information content (AvgIpc) is 3.38. The van der Waals surface area contributed by atoms with Crippen LogP contribution in [0.2, 0.25) is 0 Å². The summed E-state index contributed by atoms with van der Waals surface area (Å²) in [5.41, 5.74) is 8.36. The van der Waals surface area contributed by atoms with E-state index in [0.717, 1.165) is 30.5 Å². The second kappa shape index (κ2) is 10.5. The average molecular weight is 612 g/mol. The number of nitrogens with zero attached hydrogens (tertiary/aromatic N) is 7. The summed E-state index contributed by atoms with van der Waals surface area (Å²) < 4.78 is 21.6. The van der Waals surface area contributed by atoms with Crippen molar-refractivity contribution in [2.75, 3.05) is 56.8 Å². The third-order valence-electron chi connectivity index (χ3n) is 9.07.